The minimum Gasteiger partial charge on any atom is -0.355 e. The van der Waals surface area contributed by atoms with Crippen LogP contribution in [0.3, 0.4) is 0 Å². The van der Waals surface area contributed by atoms with Crippen molar-refractivity contribution >= 4 is 11.3 Å². The van der Waals surface area contributed by atoms with E-state index in [1.54, 1.807) is 11.3 Å². The molecule has 2 aromatic heterocycles. The van der Waals surface area contributed by atoms with Gasteiger partial charge in [-0.3, -0.25) is 4.90 Å². The second kappa shape index (κ2) is 5.55. The summed E-state index contributed by atoms with van der Waals surface area (Å²) in [6.45, 7) is 6.77. The van der Waals surface area contributed by atoms with Gasteiger partial charge in [0, 0.05) is 25.2 Å². The number of aromatic nitrogens is 1. The van der Waals surface area contributed by atoms with Crippen LogP contribution >= 0.6 is 11.3 Å². The molecule has 0 spiro atoms. The number of thiophene rings is 1. The average Bonchev–Trinajstić information content (AvgIpc) is 3.23. The first kappa shape index (κ1) is 13.5. The number of hydrogen-bond acceptors (Lipinski definition) is 5. The Morgan fingerprint density at radius 2 is 2.43 bits per heavy atom. The molecule has 0 aromatic carbocycles. The van der Waals surface area contributed by atoms with E-state index >= 15 is 0 Å². The molecule has 2 saturated heterocycles. The summed E-state index contributed by atoms with van der Waals surface area (Å²) in [4.78, 5) is 3.76. The van der Waals surface area contributed by atoms with Gasteiger partial charge in [0.2, 0.25) is 0 Å². The normalized spacial score (nSPS) is 29.1. The highest BCUT2D eigenvalue weighted by Crippen LogP contribution is 2.35. The molecule has 0 bridgehead atoms. The fourth-order valence-electron chi connectivity index (χ4n) is 3.98. The van der Waals surface area contributed by atoms with E-state index in [0.717, 1.165) is 34.7 Å². The summed E-state index contributed by atoms with van der Waals surface area (Å²) in [5.74, 6) is 2.53. The molecule has 0 amide bonds. The van der Waals surface area contributed by atoms with E-state index in [2.05, 4.69) is 39.8 Å². The zero-order chi connectivity index (χ0) is 14.2. The van der Waals surface area contributed by atoms with Crippen molar-refractivity contribution in [3.8, 4) is 10.6 Å². The van der Waals surface area contributed by atoms with E-state index in [1.807, 2.05) is 6.07 Å². The fraction of sp³-hybridized carbons (Fsp3) is 0.562. The number of likely N-dealkylation sites (tertiary alicyclic amines) is 1. The molecule has 2 aliphatic rings. The smallest absolute Gasteiger partial charge is 0.177 e. The van der Waals surface area contributed by atoms with Gasteiger partial charge in [-0.2, -0.15) is 0 Å². The zero-order valence-corrected chi connectivity index (χ0v) is 13.1. The number of hydrogen-bond donors (Lipinski definition) is 1. The third-order valence-corrected chi connectivity index (χ3v) is 5.82. The van der Waals surface area contributed by atoms with Crippen molar-refractivity contribution in [2.24, 2.45) is 11.8 Å². The quantitative estimate of drug-likeness (QED) is 0.943. The van der Waals surface area contributed by atoms with Gasteiger partial charge in [0.15, 0.2) is 5.76 Å². The summed E-state index contributed by atoms with van der Waals surface area (Å²) < 4.78 is 5.50. The van der Waals surface area contributed by atoms with Crippen LogP contribution in [-0.2, 0) is 6.54 Å². The molecule has 3 atom stereocenters. The van der Waals surface area contributed by atoms with Gasteiger partial charge in [-0.15, -0.1) is 11.3 Å². The van der Waals surface area contributed by atoms with E-state index in [-0.39, 0.29) is 0 Å². The third kappa shape index (κ3) is 2.43. The van der Waals surface area contributed by atoms with Crippen molar-refractivity contribution in [3.63, 3.8) is 0 Å². The molecule has 0 saturated carbocycles. The summed E-state index contributed by atoms with van der Waals surface area (Å²) in [6, 6.07) is 6.91. The van der Waals surface area contributed by atoms with Crippen molar-refractivity contribution in [1.82, 2.24) is 15.4 Å². The fourth-order valence-corrected chi connectivity index (χ4v) is 4.66. The number of fused-ring (bicyclic) bond motifs is 1. The SMILES string of the molecule is CCC1C2CNCC2CN1Cc1cc(-c2cccs2)on1. The molecule has 2 aromatic rings. The van der Waals surface area contributed by atoms with Crippen molar-refractivity contribution < 1.29 is 4.52 Å². The zero-order valence-electron chi connectivity index (χ0n) is 12.3. The van der Waals surface area contributed by atoms with Gasteiger partial charge in [0.1, 0.15) is 0 Å². The highest BCUT2D eigenvalue weighted by atomic mass is 32.1. The molecule has 5 heteroatoms. The van der Waals surface area contributed by atoms with Crippen LogP contribution in [0.15, 0.2) is 28.1 Å². The van der Waals surface area contributed by atoms with Crippen LogP contribution in [-0.4, -0.2) is 35.7 Å². The van der Waals surface area contributed by atoms with E-state index in [1.165, 1.54) is 26.1 Å². The first-order valence-corrected chi connectivity index (χ1v) is 8.67. The predicted molar refractivity (Wildman–Crippen MR) is 84.2 cm³/mol. The van der Waals surface area contributed by atoms with Crippen LogP contribution < -0.4 is 5.32 Å². The predicted octanol–water partition coefficient (Wildman–Crippen LogP) is 2.83. The van der Waals surface area contributed by atoms with Crippen molar-refractivity contribution in [3.05, 3.63) is 29.3 Å². The molecule has 21 heavy (non-hydrogen) atoms. The van der Waals surface area contributed by atoms with Crippen molar-refractivity contribution in [2.75, 3.05) is 19.6 Å². The molecule has 2 fully saturated rings. The van der Waals surface area contributed by atoms with E-state index in [0.29, 0.717) is 6.04 Å². The summed E-state index contributed by atoms with van der Waals surface area (Å²) in [7, 11) is 0. The molecule has 4 heterocycles. The molecule has 112 valence electrons. The van der Waals surface area contributed by atoms with Crippen LogP contribution in [0.25, 0.3) is 10.6 Å². The Labute approximate surface area is 129 Å². The number of nitrogens with one attached hydrogen (secondary N) is 1. The molecular weight excluding hydrogens is 282 g/mol. The number of rotatable bonds is 4. The van der Waals surface area contributed by atoms with Gasteiger partial charge in [-0.1, -0.05) is 18.1 Å². The minimum atomic E-state index is 0.687. The van der Waals surface area contributed by atoms with E-state index in [4.69, 9.17) is 4.52 Å². The second-order valence-corrected chi connectivity index (χ2v) is 7.09. The van der Waals surface area contributed by atoms with Gasteiger partial charge in [-0.05, 0) is 42.8 Å². The maximum absolute atomic E-state index is 5.50. The molecule has 0 radical (unpaired) electrons. The van der Waals surface area contributed by atoms with Crippen LogP contribution in [0.2, 0.25) is 0 Å². The lowest BCUT2D eigenvalue weighted by Crippen LogP contribution is -2.34. The minimum absolute atomic E-state index is 0.687. The topological polar surface area (TPSA) is 41.3 Å². The summed E-state index contributed by atoms with van der Waals surface area (Å²) >= 11 is 1.70. The van der Waals surface area contributed by atoms with Crippen molar-refractivity contribution in [2.45, 2.75) is 25.9 Å². The molecule has 2 aliphatic heterocycles. The van der Waals surface area contributed by atoms with Gasteiger partial charge >= 0.3 is 0 Å². The molecule has 4 nitrogen and oxygen atoms in total. The Morgan fingerprint density at radius 3 is 3.24 bits per heavy atom. The molecule has 1 N–H and O–H groups in total. The first-order chi connectivity index (χ1) is 10.3. The lowest BCUT2D eigenvalue weighted by atomic mass is 9.93. The lowest BCUT2D eigenvalue weighted by molar-refractivity contribution is 0.205. The van der Waals surface area contributed by atoms with Gasteiger partial charge in [0.25, 0.3) is 0 Å². The van der Waals surface area contributed by atoms with E-state index < -0.39 is 0 Å². The Hall–Kier alpha value is -1.17. The van der Waals surface area contributed by atoms with Crippen LogP contribution in [0, 0.1) is 11.8 Å². The molecule has 4 rings (SSSR count). The van der Waals surface area contributed by atoms with Crippen LogP contribution in [0.4, 0.5) is 0 Å². The highest BCUT2D eigenvalue weighted by molar-refractivity contribution is 7.13. The first-order valence-electron chi connectivity index (χ1n) is 7.79. The molecular formula is C16H21N3OS. The Morgan fingerprint density at radius 1 is 1.48 bits per heavy atom. The Bertz CT molecular complexity index is 594. The van der Waals surface area contributed by atoms with E-state index in [9.17, 15) is 0 Å². The van der Waals surface area contributed by atoms with Gasteiger partial charge < -0.3 is 9.84 Å². The molecule has 3 unspecified atom stereocenters. The van der Waals surface area contributed by atoms with Crippen molar-refractivity contribution in [1.29, 1.82) is 0 Å². The average molecular weight is 303 g/mol. The largest absolute Gasteiger partial charge is 0.355 e. The number of nitrogens with zero attached hydrogens (tertiary/aromatic N) is 2. The maximum atomic E-state index is 5.50. The third-order valence-electron chi connectivity index (χ3n) is 4.93. The van der Waals surface area contributed by atoms with Gasteiger partial charge in [0.05, 0.1) is 10.6 Å². The lowest BCUT2D eigenvalue weighted by Gasteiger charge is -2.25. The monoisotopic (exact) mass is 303 g/mol. The van der Waals surface area contributed by atoms with Crippen LogP contribution in [0.5, 0.6) is 0 Å². The standard InChI is InChI=1S/C16H21N3OS/c1-2-14-13-8-17-7-11(13)9-19(14)10-12-6-15(20-18-12)16-4-3-5-21-16/h3-6,11,13-14,17H,2,7-10H2,1H3. The van der Waals surface area contributed by atoms with Crippen LogP contribution in [0.1, 0.15) is 19.0 Å². The summed E-state index contributed by atoms with van der Waals surface area (Å²) in [5.41, 5.74) is 1.06. The van der Waals surface area contributed by atoms with Gasteiger partial charge in [-0.25, -0.2) is 0 Å². The molecule has 0 aliphatic carbocycles. The maximum Gasteiger partial charge on any atom is 0.177 e. The highest BCUT2D eigenvalue weighted by Gasteiger charge is 2.43. The second-order valence-electron chi connectivity index (χ2n) is 6.15. The Balaban J connectivity index is 1.48. The summed E-state index contributed by atoms with van der Waals surface area (Å²) in [6.07, 6.45) is 1.22. The summed E-state index contributed by atoms with van der Waals surface area (Å²) in [5, 5.41) is 9.88. The Kier molecular flexibility index (Phi) is 3.57.